The summed E-state index contributed by atoms with van der Waals surface area (Å²) in [5.41, 5.74) is -1.47. The quantitative estimate of drug-likeness (QED) is 0.438. The van der Waals surface area contributed by atoms with E-state index in [1.165, 1.54) is 21.9 Å². The summed E-state index contributed by atoms with van der Waals surface area (Å²) in [4.78, 5) is 40.8. The largest absolute Gasteiger partial charge is 0.481 e. The minimum Gasteiger partial charge on any atom is -0.481 e. The average molecular weight is 517 g/mol. The number of likely N-dealkylation sites (tertiary alicyclic amines) is 1. The first-order valence-corrected chi connectivity index (χ1v) is 11.9. The SMILES string of the molecule is CC1(C(=O)N(CCCC(=O)O)Cc2ccc(C(F)(F)F)cc2)CCN1C(=O)Cc1occ2ccccc12. The van der Waals surface area contributed by atoms with Crippen molar-refractivity contribution in [3.05, 3.63) is 71.7 Å². The highest BCUT2D eigenvalue weighted by Gasteiger charge is 2.51. The number of fused-ring (bicyclic) bond motifs is 1. The van der Waals surface area contributed by atoms with Gasteiger partial charge in [-0.15, -0.1) is 0 Å². The number of furan rings is 1. The highest BCUT2D eigenvalue weighted by Crippen LogP contribution is 2.35. The smallest absolute Gasteiger partial charge is 0.416 e. The molecule has 2 amide bonds. The van der Waals surface area contributed by atoms with E-state index in [2.05, 4.69) is 0 Å². The Hall–Kier alpha value is -3.82. The predicted octanol–water partition coefficient (Wildman–Crippen LogP) is 4.88. The van der Waals surface area contributed by atoms with E-state index in [1.54, 1.807) is 13.2 Å². The molecule has 2 aromatic carbocycles. The number of hydrogen-bond donors (Lipinski definition) is 1. The molecule has 10 heteroatoms. The minimum atomic E-state index is -4.48. The van der Waals surface area contributed by atoms with Gasteiger partial charge in [-0.3, -0.25) is 14.4 Å². The van der Waals surface area contributed by atoms with Crippen molar-refractivity contribution < 1.29 is 37.1 Å². The fourth-order valence-corrected chi connectivity index (χ4v) is 4.64. The summed E-state index contributed by atoms with van der Waals surface area (Å²) in [6.45, 7) is 2.13. The van der Waals surface area contributed by atoms with E-state index in [0.717, 1.165) is 22.9 Å². The van der Waals surface area contributed by atoms with E-state index in [9.17, 15) is 27.6 Å². The maximum Gasteiger partial charge on any atom is 0.416 e. The van der Waals surface area contributed by atoms with Gasteiger partial charge >= 0.3 is 12.1 Å². The average Bonchev–Trinajstić information content (AvgIpc) is 3.24. The molecule has 7 nitrogen and oxygen atoms in total. The lowest BCUT2D eigenvalue weighted by molar-refractivity contribution is -0.164. The lowest BCUT2D eigenvalue weighted by atomic mass is 9.84. The number of carbonyl (C=O) groups excluding carboxylic acids is 2. The molecular weight excluding hydrogens is 489 g/mol. The van der Waals surface area contributed by atoms with E-state index in [0.29, 0.717) is 24.3 Å². The second kappa shape index (κ2) is 10.3. The van der Waals surface area contributed by atoms with Crippen molar-refractivity contribution in [3.8, 4) is 0 Å². The summed E-state index contributed by atoms with van der Waals surface area (Å²) >= 11 is 0. The molecule has 1 unspecified atom stereocenters. The zero-order valence-electron chi connectivity index (χ0n) is 20.3. The van der Waals surface area contributed by atoms with Crippen LogP contribution in [0.2, 0.25) is 0 Å². The molecule has 1 aliphatic rings. The summed E-state index contributed by atoms with van der Waals surface area (Å²) in [6.07, 6.45) is -2.50. The Bertz CT molecular complexity index is 1300. The fourth-order valence-electron chi connectivity index (χ4n) is 4.64. The van der Waals surface area contributed by atoms with Gasteiger partial charge < -0.3 is 19.3 Å². The Kier molecular flexibility index (Phi) is 7.29. The van der Waals surface area contributed by atoms with Crippen LogP contribution in [0, 0.1) is 0 Å². The number of halogens is 3. The molecule has 1 atom stereocenters. The molecule has 1 saturated heterocycles. The molecule has 1 fully saturated rings. The molecule has 0 radical (unpaired) electrons. The lowest BCUT2D eigenvalue weighted by Crippen LogP contribution is -2.68. The molecule has 0 spiro atoms. The Labute approximate surface area is 211 Å². The molecule has 0 bridgehead atoms. The van der Waals surface area contributed by atoms with Crippen LogP contribution in [0.15, 0.2) is 59.2 Å². The first-order chi connectivity index (χ1) is 17.5. The first kappa shape index (κ1) is 26.2. The molecule has 1 aromatic heterocycles. The number of amides is 2. The molecule has 2 heterocycles. The van der Waals surface area contributed by atoms with Gasteiger partial charge in [0.15, 0.2) is 0 Å². The fraction of sp³-hybridized carbons (Fsp3) is 0.370. The van der Waals surface area contributed by atoms with Gasteiger partial charge in [-0.1, -0.05) is 36.4 Å². The lowest BCUT2D eigenvalue weighted by Gasteiger charge is -2.51. The molecule has 3 aromatic rings. The molecule has 0 aliphatic carbocycles. The van der Waals surface area contributed by atoms with Gasteiger partial charge in [-0.25, -0.2) is 0 Å². The maximum atomic E-state index is 13.7. The number of carboxylic acid groups (broad SMARTS) is 1. The van der Waals surface area contributed by atoms with Crippen LogP contribution in [0.5, 0.6) is 0 Å². The van der Waals surface area contributed by atoms with Crippen LogP contribution in [0.25, 0.3) is 10.8 Å². The minimum absolute atomic E-state index is 0.00294. The van der Waals surface area contributed by atoms with Crippen LogP contribution in [0.1, 0.15) is 43.1 Å². The van der Waals surface area contributed by atoms with Crippen LogP contribution in [-0.2, 0) is 33.5 Å². The number of rotatable bonds is 9. The monoisotopic (exact) mass is 516 g/mol. The van der Waals surface area contributed by atoms with Crippen molar-refractivity contribution in [3.63, 3.8) is 0 Å². The molecule has 196 valence electrons. The summed E-state index contributed by atoms with van der Waals surface area (Å²) in [5, 5.41) is 10.7. The maximum absolute atomic E-state index is 13.7. The van der Waals surface area contributed by atoms with Crippen LogP contribution >= 0.6 is 0 Å². The highest BCUT2D eigenvalue weighted by atomic mass is 19.4. The van der Waals surface area contributed by atoms with E-state index < -0.39 is 23.2 Å². The van der Waals surface area contributed by atoms with E-state index in [1.807, 2.05) is 24.3 Å². The predicted molar refractivity (Wildman–Crippen MR) is 128 cm³/mol. The van der Waals surface area contributed by atoms with Gasteiger partial charge in [0.05, 0.1) is 18.2 Å². The molecular formula is C27H27F3N2O5. The topological polar surface area (TPSA) is 91.1 Å². The summed E-state index contributed by atoms with van der Waals surface area (Å²) in [7, 11) is 0. The van der Waals surface area contributed by atoms with Crippen molar-refractivity contribution in [2.45, 2.75) is 50.9 Å². The van der Waals surface area contributed by atoms with Crippen molar-refractivity contribution >= 4 is 28.6 Å². The van der Waals surface area contributed by atoms with Gasteiger partial charge in [0, 0.05) is 36.8 Å². The second-order valence-corrected chi connectivity index (χ2v) is 9.41. The van der Waals surface area contributed by atoms with Crippen molar-refractivity contribution in [2.75, 3.05) is 13.1 Å². The number of alkyl halides is 3. The normalized spacial score (nSPS) is 17.5. The van der Waals surface area contributed by atoms with Crippen molar-refractivity contribution in [1.82, 2.24) is 9.80 Å². The summed E-state index contributed by atoms with van der Waals surface area (Å²) in [6, 6.07) is 11.9. The zero-order valence-corrected chi connectivity index (χ0v) is 20.3. The van der Waals surface area contributed by atoms with E-state index >= 15 is 0 Å². The van der Waals surface area contributed by atoms with Crippen molar-refractivity contribution in [1.29, 1.82) is 0 Å². The number of aliphatic carboxylic acids is 1. The Balaban J connectivity index is 1.50. The number of carboxylic acids is 1. The van der Waals surface area contributed by atoms with Gasteiger partial charge in [0.2, 0.25) is 11.8 Å². The van der Waals surface area contributed by atoms with Gasteiger partial charge in [0.25, 0.3) is 0 Å². The summed E-state index contributed by atoms with van der Waals surface area (Å²) < 4.78 is 44.4. The van der Waals surface area contributed by atoms with Crippen LogP contribution in [-0.4, -0.2) is 51.3 Å². The molecule has 4 rings (SSSR count). The third-order valence-electron chi connectivity index (χ3n) is 6.84. The number of carbonyl (C=O) groups is 3. The standard InChI is InChI=1S/C27H27F3N2O5/c1-26(12-14-32(26)23(33)15-22-21-6-3-2-5-19(21)17-37-22)25(36)31(13-4-7-24(34)35)16-18-8-10-20(11-9-18)27(28,29)30/h2-3,5-6,8-11,17H,4,7,12-16H2,1H3,(H,34,35). The molecule has 0 saturated carbocycles. The third kappa shape index (κ3) is 5.63. The number of benzene rings is 2. The Morgan fingerprint density at radius 3 is 2.43 bits per heavy atom. The van der Waals surface area contributed by atoms with Crippen LogP contribution in [0.4, 0.5) is 13.2 Å². The summed E-state index contributed by atoms with van der Waals surface area (Å²) in [5.74, 6) is -1.16. The van der Waals surface area contributed by atoms with Crippen LogP contribution in [0.3, 0.4) is 0 Å². The zero-order chi connectivity index (χ0) is 26.8. The Morgan fingerprint density at radius 2 is 1.81 bits per heavy atom. The van der Waals surface area contributed by atoms with Crippen LogP contribution < -0.4 is 0 Å². The molecule has 1 aliphatic heterocycles. The number of hydrogen-bond acceptors (Lipinski definition) is 4. The van der Waals surface area contributed by atoms with Gasteiger partial charge in [-0.2, -0.15) is 13.2 Å². The van der Waals surface area contributed by atoms with Gasteiger partial charge in [-0.05, 0) is 37.5 Å². The van der Waals surface area contributed by atoms with Gasteiger partial charge in [0.1, 0.15) is 11.3 Å². The number of nitrogens with zero attached hydrogens (tertiary/aromatic N) is 2. The third-order valence-corrected chi connectivity index (χ3v) is 6.84. The second-order valence-electron chi connectivity index (χ2n) is 9.41. The van der Waals surface area contributed by atoms with Crippen molar-refractivity contribution in [2.24, 2.45) is 0 Å². The molecule has 1 N–H and O–H groups in total. The first-order valence-electron chi connectivity index (χ1n) is 11.9. The Morgan fingerprint density at radius 1 is 1.11 bits per heavy atom. The molecule has 37 heavy (non-hydrogen) atoms. The van der Waals surface area contributed by atoms with E-state index in [4.69, 9.17) is 9.52 Å². The highest BCUT2D eigenvalue weighted by molar-refractivity contribution is 5.95. The van der Waals surface area contributed by atoms with E-state index in [-0.39, 0.29) is 44.2 Å².